The monoisotopic (exact) mass is 285 g/mol. The van der Waals surface area contributed by atoms with Gasteiger partial charge in [-0.15, -0.1) is 0 Å². The fourth-order valence-corrected chi connectivity index (χ4v) is 2.37. The number of carboxylic acid groups (broad SMARTS) is 1. The van der Waals surface area contributed by atoms with Crippen LogP contribution in [0.2, 0.25) is 0 Å². The first-order valence-corrected chi connectivity index (χ1v) is 6.88. The Bertz CT molecular complexity index is 384. The smallest absolute Gasteiger partial charge is 0.326 e. The van der Waals surface area contributed by atoms with E-state index in [9.17, 15) is 14.4 Å². The van der Waals surface area contributed by atoms with Crippen LogP contribution in [0.5, 0.6) is 0 Å². The van der Waals surface area contributed by atoms with E-state index in [0.717, 1.165) is 0 Å². The van der Waals surface area contributed by atoms with Gasteiger partial charge in [-0.05, 0) is 25.2 Å². The lowest BCUT2D eigenvalue weighted by molar-refractivity contribution is -0.143. The summed E-state index contributed by atoms with van der Waals surface area (Å²) in [6.45, 7) is 4.61. The number of nitrogens with zero attached hydrogens (tertiary/aromatic N) is 1. The predicted octanol–water partition coefficient (Wildman–Crippen LogP) is 0.393. The number of carboxylic acids is 1. The average Bonchev–Trinajstić information content (AvgIpc) is 2.37. The van der Waals surface area contributed by atoms with Crippen LogP contribution in [0.25, 0.3) is 0 Å². The van der Waals surface area contributed by atoms with Gasteiger partial charge in [0.1, 0.15) is 6.04 Å². The Morgan fingerprint density at radius 2 is 2.05 bits per heavy atom. The van der Waals surface area contributed by atoms with E-state index in [1.807, 2.05) is 13.8 Å². The van der Waals surface area contributed by atoms with Crippen molar-refractivity contribution in [1.82, 2.24) is 10.2 Å². The standard InChI is InChI=1S/C13H23N3O4/c1-8(2)6-10(12(18)19)15-11(17)9-4-3-5-16(7-9)13(14)20/h8-10H,3-7H2,1-2H3,(H2,14,20)(H,15,17)(H,18,19)/t9-,10-/m1/s1. The van der Waals surface area contributed by atoms with Crippen molar-refractivity contribution < 1.29 is 19.5 Å². The summed E-state index contributed by atoms with van der Waals surface area (Å²) in [6.07, 6.45) is 1.72. The molecule has 1 fully saturated rings. The Hall–Kier alpha value is -1.79. The Morgan fingerprint density at radius 1 is 1.40 bits per heavy atom. The molecule has 0 radical (unpaired) electrons. The molecule has 7 heteroatoms. The molecule has 0 aliphatic carbocycles. The molecular formula is C13H23N3O4. The molecule has 1 aliphatic rings. The lowest BCUT2D eigenvalue weighted by Crippen LogP contribution is -2.50. The lowest BCUT2D eigenvalue weighted by atomic mass is 9.96. The summed E-state index contributed by atoms with van der Waals surface area (Å²) in [4.78, 5) is 35.8. The number of amides is 3. The summed E-state index contributed by atoms with van der Waals surface area (Å²) in [5.41, 5.74) is 5.21. The summed E-state index contributed by atoms with van der Waals surface area (Å²) in [7, 11) is 0. The summed E-state index contributed by atoms with van der Waals surface area (Å²) < 4.78 is 0. The van der Waals surface area contributed by atoms with E-state index in [2.05, 4.69) is 5.32 Å². The molecule has 1 rings (SSSR count). The van der Waals surface area contributed by atoms with Gasteiger partial charge < -0.3 is 21.1 Å². The quantitative estimate of drug-likeness (QED) is 0.678. The minimum atomic E-state index is -1.03. The second-order valence-electron chi connectivity index (χ2n) is 5.65. The highest BCUT2D eigenvalue weighted by Crippen LogP contribution is 2.17. The number of carbonyl (C=O) groups excluding carboxylic acids is 2. The van der Waals surface area contributed by atoms with Crippen LogP contribution in [-0.2, 0) is 9.59 Å². The van der Waals surface area contributed by atoms with Gasteiger partial charge in [0.05, 0.1) is 5.92 Å². The van der Waals surface area contributed by atoms with Crippen LogP contribution in [0.15, 0.2) is 0 Å². The van der Waals surface area contributed by atoms with E-state index in [-0.39, 0.29) is 24.3 Å². The van der Waals surface area contributed by atoms with Gasteiger partial charge in [-0.1, -0.05) is 13.8 Å². The highest BCUT2D eigenvalue weighted by molar-refractivity contribution is 5.85. The first-order valence-electron chi connectivity index (χ1n) is 6.88. The number of nitrogens with two attached hydrogens (primary N) is 1. The molecule has 0 saturated carbocycles. The molecule has 1 saturated heterocycles. The molecule has 0 bridgehead atoms. The molecule has 114 valence electrons. The maximum absolute atomic E-state index is 12.1. The number of primary amides is 1. The molecule has 0 spiro atoms. The highest BCUT2D eigenvalue weighted by atomic mass is 16.4. The van der Waals surface area contributed by atoms with E-state index < -0.39 is 18.0 Å². The summed E-state index contributed by atoms with van der Waals surface area (Å²) >= 11 is 0. The molecule has 0 aromatic rings. The lowest BCUT2D eigenvalue weighted by Gasteiger charge is -2.31. The zero-order valence-corrected chi connectivity index (χ0v) is 12.0. The number of aliphatic carboxylic acids is 1. The zero-order chi connectivity index (χ0) is 15.3. The Labute approximate surface area is 118 Å². The van der Waals surface area contributed by atoms with Crippen molar-refractivity contribution in [2.45, 2.75) is 39.2 Å². The van der Waals surface area contributed by atoms with Crippen molar-refractivity contribution in [2.75, 3.05) is 13.1 Å². The number of carbonyl (C=O) groups is 3. The van der Waals surface area contributed by atoms with Crippen LogP contribution < -0.4 is 11.1 Å². The third-order valence-corrected chi connectivity index (χ3v) is 3.43. The van der Waals surface area contributed by atoms with Crippen molar-refractivity contribution in [1.29, 1.82) is 0 Å². The molecule has 2 atom stereocenters. The molecular weight excluding hydrogens is 262 g/mol. The molecule has 1 heterocycles. The van der Waals surface area contributed by atoms with Gasteiger partial charge in [0.2, 0.25) is 5.91 Å². The van der Waals surface area contributed by atoms with Crippen LogP contribution in [0.1, 0.15) is 33.1 Å². The largest absolute Gasteiger partial charge is 0.480 e. The molecule has 0 unspecified atom stereocenters. The number of piperidine rings is 1. The van der Waals surface area contributed by atoms with Gasteiger partial charge in [-0.2, -0.15) is 0 Å². The number of likely N-dealkylation sites (tertiary alicyclic amines) is 1. The van der Waals surface area contributed by atoms with Crippen LogP contribution in [0.4, 0.5) is 4.79 Å². The first kappa shape index (κ1) is 16.3. The van der Waals surface area contributed by atoms with Gasteiger partial charge >= 0.3 is 12.0 Å². The van der Waals surface area contributed by atoms with E-state index in [1.165, 1.54) is 4.90 Å². The van der Waals surface area contributed by atoms with Crippen LogP contribution in [0, 0.1) is 11.8 Å². The summed E-state index contributed by atoms with van der Waals surface area (Å²) in [5, 5.41) is 11.7. The van der Waals surface area contributed by atoms with Gasteiger partial charge in [0, 0.05) is 13.1 Å². The molecule has 0 aromatic carbocycles. The third-order valence-electron chi connectivity index (χ3n) is 3.43. The second kappa shape index (κ2) is 7.12. The normalized spacial score (nSPS) is 20.6. The predicted molar refractivity (Wildman–Crippen MR) is 72.9 cm³/mol. The fourth-order valence-electron chi connectivity index (χ4n) is 2.37. The Balaban J connectivity index is 2.59. The van der Waals surface area contributed by atoms with E-state index in [1.54, 1.807) is 0 Å². The highest BCUT2D eigenvalue weighted by Gasteiger charge is 2.30. The van der Waals surface area contributed by atoms with Gasteiger partial charge in [-0.25, -0.2) is 9.59 Å². The third kappa shape index (κ3) is 4.71. The van der Waals surface area contributed by atoms with Crippen molar-refractivity contribution in [3.8, 4) is 0 Å². The van der Waals surface area contributed by atoms with Gasteiger partial charge in [-0.3, -0.25) is 4.79 Å². The number of urea groups is 1. The molecule has 1 aliphatic heterocycles. The SMILES string of the molecule is CC(C)C[C@@H](NC(=O)[C@@H]1CCCN(C(N)=O)C1)C(=O)O. The molecule has 3 amide bonds. The topological polar surface area (TPSA) is 113 Å². The molecule has 0 aromatic heterocycles. The maximum atomic E-state index is 12.1. The minimum Gasteiger partial charge on any atom is -0.480 e. The van der Waals surface area contributed by atoms with Crippen LogP contribution in [-0.4, -0.2) is 47.0 Å². The van der Waals surface area contributed by atoms with Crippen LogP contribution in [0.3, 0.4) is 0 Å². The van der Waals surface area contributed by atoms with E-state index in [0.29, 0.717) is 25.8 Å². The van der Waals surface area contributed by atoms with Crippen molar-refractivity contribution in [3.63, 3.8) is 0 Å². The second-order valence-corrected chi connectivity index (χ2v) is 5.65. The molecule has 20 heavy (non-hydrogen) atoms. The summed E-state index contributed by atoms with van der Waals surface area (Å²) in [6, 6.07) is -1.43. The summed E-state index contributed by atoms with van der Waals surface area (Å²) in [5.74, 6) is -1.56. The zero-order valence-electron chi connectivity index (χ0n) is 12.0. The fraction of sp³-hybridized carbons (Fsp3) is 0.769. The Morgan fingerprint density at radius 3 is 2.55 bits per heavy atom. The molecule has 4 N–H and O–H groups in total. The van der Waals surface area contributed by atoms with Gasteiger partial charge in [0.15, 0.2) is 0 Å². The Kier molecular flexibility index (Phi) is 5.79. The van der Waals surface area contributed by atoms with E-state index in [4.69, 9.17) is 10.8 Å². The molecule has 7 nitrogen and oxygen atoms in total. The number of nitrogens with one attached hydrogen (secondary N) is 1. The number of rotatable bonds is 5. The number of hydrogen-bond donors (Lipinski definition) is 3. The average molecular weight is 285 g/mol. The maximum Gasteiger partial charge on any atom is 0.326 e. The minimum absolute atomic E-state index is 0.171. The van der Waals surface area contributed by atoms with Gasteiger partial charge in [0.25, 0.3) is 0 Å². The van der Waals surface area contributed by atoms with E-state index >= 15 is 0 Å². The van der Waals surface area contributed by atoms with Crippen molar-refractivity contribution >= 4 is 17.9 Å². The van der Waals surface area contributed by atoms with Crippen LogP contribution >= 0.6 is 0 Å². The number of hydrogen-bond acceptors (Lipinski definition) is 3. The van der Waals surface area contributed by atoms with Crippen molar-refractivity contribution in [3.05, 3.63) is 0 Å². The first-order chi connectivity index (χ1) is 9.31. The van der Waals surface area contributed by atoms with Crippen molar-refractivity contribution in [2.24, 2.45) is 17.6 Å².